The molecule has 0 atom stereocenters. The quantitative estimate of drug-likeness (QED) is 0.449. The Kier molecular flexibility index (Phi) is 7.13. The molecule has 0 bridgehead atoms. The maximum absolute atomic E-state index is 12.5. The first-order valence-corrected chi connectivity index (χ1v) is 10.4. The molecule has 0 fully saturated rings. The zero-order valence-electron chi connectivity index (χ0n) is 16.5. The van der Waals surface area contributed by atoms with Crippen molar-refractivity contribution in [3.8, 4) is 5.75 Å². The van der Waals surface area contributed by atoms with E-state index in [1.165, 1.54) is 0 Å². The molecular formula is C23H20BrClN2O3. The molecule has 3 rings (SSSR count). The van der Waals surface area contributed by atoms with Gasteiger partial charge in [0.1, 0.15) is 5.75 Å². The van der Waals surface area contributed by atoms with Crippen molar-refractivity contribution >= 4 is 50.7 Å². The van der Waals surface area contributed by atoms with Crippen LogP contribution in [0.2, 0.25) is 5.02 Å². The van der Waals surface area contributed by atoms with Crippen LogP contribution in [0.5, 0.6) is 5.75 Å². The van der Waals surface area contributed by atoms with Crippen LogP contribution in [0.15, 0.2) is 65.1 Å². The van der Waals surface area contributed by atoms with Gasteiger partial charge in [0.15, 0.2) is 6.61 Å². The molecule has 154 valence electrons. The number of carbonyl (C=O) groups excluding carboxylic acids is 2. The van der Waals surface area contributed by atoms with Crippen molar-refractivity contribution in [1.82, 2.24) is 0 Å². The van der Waals surface area contributed by atoms with Crippen LogP contribution in [-0.2, 0) is 4.79 Å². The van der Waals surface area contributed by atoms with Gasteiger partial charge in [-0.25, -0.2) is 0 Å². The second-order valence-electron chi connectivity index (χ2n) is 6.75. The predicted octanol–water partition coefficient (Wildman–Crippen LogP) is 5.99. The minimum Gasteiger partial charge on any atom is -0.483 e. The smallest absolute Gasteiger partial charge is 0.262 e. The number of amides is 2. The topological polar surface area (TPSA) is 67.4 Å². The van der Waals surface area contributed by atoms with Gasteiger partial charge in [0.25, 0.3) is 11.8 Å². The number of hydrogen-bond acceptors (Lipinski definition) is 3. The lowest BCUT2D eigenvalue weighted by molar-refractivity contribution is -0.118. The van der Waals surface area contributed by atoms with Gasteiger partial charge in [-0.3, -0.25) is 9.59 Å². The average Bonchev–Trinajstić information content (AvgIpc) is 2.67. The Morgan fingerprint density at radius 1 is 0.933 bits per heavy atom. The average molecular weight is 488 g/mol. The molecule has 0 unspecified atom stereocenters. The van der Waals surface area contributed by atoms with Gasteiger partial charge in [0.05, 0.1) is 0 Å². The Balaban J connectivity index is 1.62. The Hall–Kier alpha value is -2.83. The van der Waals surface area contributed by atoms with E-state index in [-0.39, 0.29) is 18.4 Å². The van der Waals surface area contributed by atoms with Gasteiger partial charge < -0.3 is 15.4 Å². The van der Waals surface area contributed by atoms with Crippen LogP contribution in [-0.4, -0.2) is 18.4 Å². The molecule has 0 aliphatic rings. The third kappa shape index (κ3) is 5.84. The number of nitrogens with one attached hydrogen (secondary N) is 2. The van der Waals surface area contributed by atoms with Gasteiger partial charge in [-0.15, -0.1) is 0 Å². The molecule has 0 aliphatic heterocycles. The Morgan fingerprint density at radius 3 is 2.23 bits per heavy atom. The zero-order chi connectivity index (χ0) is 21.7. The number of anilines is 2. The molecule has 2 amide bonds. The number of hydrogen-bond donors (Lipinski definition) is 2. The summed E-state index contributed by atoms with van der Waals surface area (Å²) in [4.78, 5) is 24.8. The van der Waals surface area contributed by atoms with E-state index in [0.717, 1.165) is 15.6 Å². The fraction of sp³-hybridized carbons (Fsp3) is 0.130. The first-order chi connectivity index (χ1) is 14.3. The number of ether oxygens (including phenoxy) is 1. The van der Waals surface area contributed by atoms with Crippen LogP contribution in [0.25, 0.3) is 0 Å². The van der Waals surface area contributed by atoms with Crippen LogP contribution in [0, 0.1) is 13.8 Å². The van der Waals surface area contributed by atoms with Gasteiger partial charge in [0, 0.05) is 26.4 Å². The van der Waals surface area contributed by atoms with Crippen molar-refractivity contribution in [3.63, 3.8) is 0 Å². The summed E-state index contributed by atoms with van der Waals surface area (Å²) in [6.45, 7) is 3.71. The maximum Gasteiger partial charge on any atom is 0.262 e. The summed E-state index contributed by atoms with van der Waals surface area (Å²) in [5, 5.41) is 6.07. The molecule has 0 saturated carbocycles. The summed E-state index contributed by atoms with van der Waals surface area (Å²) in [5.41, 5.74) is 3.39. The molecular weight excluding hydrogens is 468 g/mol. The molecule has 0 aliphatic carbocycles. The minimum absolute atomic E-state index is 0.137. The molecule has 30 heavy (non-hydrogen) atoms. The van der Waals surface area contributed by atoms with Gasteiger partial charge >= 0.3 is 0 Å². The van der Waals surface area contributed by atoms with E-state index in [2.05, 4.69) is 26.6 Å². The standard InChI is InChI=1S/C23H20BrClN2O3/c1-14-9-17(24)10-15(2)22(14)30-13-21(28)26-19-7-3-5-16(11-19)23(29)27-20-8-4-6-18(25)12-20/h3-12H,13H2,1-2H3,(H,26,28)(H,27,29). The van der Waals surface area contributed by atoms with Crippen LogP contribution in [0.1, 0.15) is 21.5 Å². The lowest BCUT2D eigenvalue weighted by Crippen LogP contribution is -2.21. The maximum atomic E-state index is 12.5. The first kappa shape index (κ1) is 21.9. The number of halogens is 2. The van der Waals surface area contributed by atoms with E-state index in [1.807, 2.05) is 26.0 Å². The fourth-order valence-corrected chi connectivity index (χ4v) is 3.84. The van der Waals surface area contributed by atoms with Crippen LogP contribution in [0.3, 0.4) is 0 Å². The molecule has 0 radical (unpaired) electrons. The first-order valence-electron chi connectivity index (χ1n) is 9.18. The van der Waals surface area contributed by atoms with Crippen molar-refractivity contribution < 1.29 is 14.3 Å². The summed E-state index contributed by atoms with van der Waals surface area (Å²) in [7, 11) is 0. The summed E-state index contributed by atoms with van der Waals surface area (Å²) in [5.74, 6) is 0.0675. The largest absolute Gasteiger partial charge is 0.483 e. The van der Waals surface area contributed by atoms with E-state index in [1.54, 1.807) is 48.5 Å². The van der Waals surface area contributed by atoms with Crippen molar-refractivity contribution in [3.05, 3.63) is 86.8 Å². The number of aryl methyl sites for hydroxylation is 2. The lowest BCUT2D eigenvalue weighted by atomic mass is 10.1. The van der Waals surface area contributed by atoms with E-state index in [9.17, 15) is 9.59 Å². The molecule has 5 nitrogen and oxygen atoms in total. The molecule has 0 saturated heterocycles. The molecule has 7 heteroatoms. The van der Waals surface area contributed by atoms with Crippen LogP contribution >= 0.6 is 27.5 Å². The summed E-state index contributed by atoms with van der Waals surface area (Å²) >= 11 is 9.38. The zero-order valence-corrected chi connectivity index (χ0v) is 18.8. The predicted molar refractivity (Wildman–Crippen MR) is 124 cm³/mol. The normalized spacial score (nSPS) is 10.4. The summed E-state index contributed by atoms with van der Waals surface area (Å²) < 4.78 is 6.66. The highest BCUT2D eigenvalue weighted by molar-refractivity contribution is 9.10. The molecule has 0 aromatic heterocycles. The van der Waals surface area contributed by atoms with Crippen molar-refractivity contribution in [2.24, 2.45) is 0 Å². The second-order valence-corrected chi connectivity index (χ2v) is 8.10. The van der Waals surface area contributed by atoms with Gasteiger partial charge in [0.2, 0.25) is 0 Å². The van der Waals surface area contributed by atoms with E-state index in [0.29, 0.717) is 27.7 Å². The Bertz CT molecular complexity index is 1080. The highest BCUT2D eigenvalue weighted by Crippen LogP contribution is 2.27. The van der Waals surface area contributed by atoms with Gasteiger partial charge in [-0.1, -0.05) is 39.7 Å². The number of rotatable bonds is 6. The van der Waals surface area contributed by atoms with E-state index >= 15 is 0 Å². The number of carbonyl (C=O) groups is 2. The van der Waals surface area contributed by atoms with E-state index < -0.39 is 0 Å². The summed E-state index contributed by atoms with van der Waals surface area (Å²) in [6.07, 6.45) is 0. The molecule has 3 aromatic carbocycles. The second kappa shape index (κ2) is 9.78. The highest BCUT2D eigenvalue weighted by atomic mass is 79.9. The fourth-order valence-electron chi connectivity index (χ4n) is 2.97. The highest BCUT2D eigenvalue weighted by Gasteiger charge is 2.11. The van der Waals surface area contributed by atoms with Crippen LogP contribution < -0.4 is 15.4 Å². The third-order valence-corrected chi connectivity index (χ3v) is 4.96. The summed E-state index contributed by atoms with van der Waals surface area (Å²) in [6, 6.07) is 17.4. The lowest BCUT2D eigenvalue weighted by Gasteiger charge is -2.13. The Morgan fingerprint density at radius 2 is 1.57 bits per heavy atom. The van der Waals surface area contributed by atoms with Gasteiger partial charge in [-0.05, 0) is 73.5 Å². The van der Waals surface area contributed by atoms with Crippen molar-refractivity contribution in [2.45, 2.75) is 13.8 Å². The Labute approximate surface area is 188 Å². The number of benzene rings is 3. The molecule has 2 N–H and O–H groups in total. The molecule has 0 heterocycles. The van der Waals surface area contributed by atoms with Gasteiger partial charge in [-0.2, -0.15) is 0 Å². The molecule has 0 spiro atoms. The minimum atomic E-state index is -0.316. The van der Waals surface area contributed by atoms with Crippen molar-refractivity contribution in [2.75, 3.05) is 17.2 Å². The SMILES string of the molecule is Cc1cc(Br)cc(C)c1OCC(=O)Nc1cccc(C(=O)Nc2cccc(Cl)c2)c1. The van der Waals surface area contributed by atoms with Crippen LogP contribution in [0.4, 0.5) is 11.4 Å². The molecule has 3 aromatic rings. The van der Waals surface area contributed by atoms with E-state index in [4.69, 9.17) is 16.3 Å². The monoisotopic (exact) mass is 486 g/mol. The third-order valence-electron chi connectivity index (χ3n) is 4.26. The van der Waals surface area contributed by atoms with Crippen molar-refractivity contribution in [1.29, 1.82) is 0 Å².